The van der Waals surface area contributed by atoms with Gasteiger partial charge in [-0.3, -0.25) is 14.2 Å². The molecule has 1 unspecified atom stereocenters. The van der Waals surface area contributed by atoms with Crippen molar-refractivity contribution in [1.82, 2.24) is 4.57 Å². The van der Waals surface area contributed by atoms with Crippen LogP contribution in [0.1, 0.15) is 36.4 Å². The summed E-state index contributed by atoms with van der Waals surface area (Å²) in [6.45, 7) is 0. The van der Waals surface area contributed by atoms with E-state index in [4.69, 9.17) is 4.99 Å². The van der Waals surface area contributed by atoms with Crippen LogP contribution in [0.3, 0.4) is 0 Å². The maximum atomic E-state index is 13.4. The van der Waals surface area contributed by atoms with Gasteiger partial charge >= 0.3 is 0 Å². The number of fused-ring (bicyclic) bond motifs is 1. The fraction of sp³-hybridized carbons (Fsp3) is 0.174. The minimum absolute atomic E-state index is 0.102. The van der Waals surface area contributed by atoms with Crippen LogP contribution in [0.25, 0.3) is 6.08 Å². The highest BCUT2D eigenvalue weighted by Gasteiger charge is 2.34. The lowest BCUT2D eigenvalue weighted by atomic mass is 9.86. The number of carbonyl (C=O) groups is 1. The molecule has 0 saturated carbocycles. The molecule has 0 spiro atoms. The van der Waals surface area contributed by atoms with E-state index in [-0.39, 0.29) is 11.3 Å². The Morgan fingerprint density at radius 1 is 1.07 bits per heavy atom. The molecule has 0 radical (unpaired) electrons. The van der Waals surface area contributed by atoms with Gasteiger partial charge in [-0.2, -0.15) is 0 Å². The van der Waals surface area contributed by atoms with Crippen molar-refractivity contribution in [3.63, 3.8) is 0 Å². The van der Waals surface area contributed by atoms with Gasteiger partial charge in [-0.05, 0) is 42.2 Å². The van der Waals surface area contributed by atoms with E-state index in [9.17, 15) is 9.59 Å². The average molecular weight is 465 g/mol. The smallest absolute Gasteiger partial charge is 0.271 e. The molecule has 0 N–H and O–H groups in total. The summed E-state index contributed by atoms with van der Waals surface area (Å²) in [6.07, 6.45) is 4.00. The molecule has 1 aromatic heterocycles. The van der Waals surface area contributed by atoms with Crippen LogP contribution >= 0.6 is 27.3 Å². The van der Waals surface area contributed by atoms with Crippen LogP contribution < -0.4 is 14.9 Å². The van der Waals surface area contributed by atoms with Gasteiger partial charge in [0.1, 0.15) is 0 Å². The van der Waals surface area contributed by atoms with Crippen molar-refractivity contribution in [3.8, 4) is 0 Å². The molecule has 1 aliphatic heterocycles. The van der Waals surface area contributed by atoms with Gasteiger partial charge in [-0.25, -0.2) is 4.99 Å². The molecule has 0 amide bonds. The van der Waals surface area contributed by atoms with Crippen molar-refractivity contribution in [2.45, 2.75) is 25.3 Å². The second kappa shape index (κ2) is 7.35. The summed E-state index contributed by atoms with van der Waals surface area (Å²) >= 11 is 4.86. The zero-order valence-electron chi connectivity index (χ0n) is 15.5. The monoisotopic (exact) mass is 464 g/mol. The van der Waals surface area contributed by atoms with Crippen LogP contribution in [0.15, 0.2) is 80.1 Å². The Kier molecular flexibility index (Phi) is 4.68. The number of aromatic nitrogens is 1. The molecule has 2 heterocycles. The van der Waals surface area contributed by atoms with Crippen molar-refractivity contribution in [2.24, 2.45) is 4.99 Å². The van der Waals surface area contributed by atoms with E-state index in [1.165, 1.54) is 11.3 Å². The first kappa shape index (κ1) is 18.5. The van der Waals surface area contributed by atoms with Crippen molar-refractivity contribution in [3.05, 3.63) is 101 Å². The van der Waals surface area contributed by atoms with Gasteiger partial charge in [0.2, 0.25) is 0 Å². The minimum Gasteiger partial charge on any atom is -0.294 e. The lowest BCUT2D eigenvalue weighted by Gasteiger charge is -2.28. The van der Waals surface area contributed by atoms with Gasteiger partial charge in [0.25, 0.3) is 5.56 Å². The summed E-state index contributed by atoms with van der Waals surface area (Å²) in [6, 6.07) is 17.2. The Hall–Kier alpha value is -2.57. The van der Waals surface area contributed by atoms with Crippen LogP contribution in [0.5, 0.6) is 0 Å². The first-order valence-corrected chi connectivity index (χ1v) is 11.1. The van der Waals surface area contributed by atoms with E-state index in [0.717, 1.165) is 34.1 Å². The van der Waals surface area contributed by atoms with Crippen LogP contribution in [0.2, 0.25) is 0 Å². The van der Waals surface area contributed by atoms with E-state index in [1.807, 2.05) is 60.7 Å². The summed E-state index contributed by atoms with van der Waals surface area (Å²) in [4.78, 5) is 31.6. The molecule has 0 bridgehead atoms. The van der Waals surface area contributed by atoms with Gasteiger partial charge in [0.15, 0.2) is 10.6 Å². The van der Waals surface area contributed by atoms with Crippen LogP contribution in [-0.4, -0.2) is 10.4 Å². The molecule has 0 saturated heterocycles. The summed E-state index contributed by atoms with van der Waals surface area (Å²) in [5.74, 6) is 0.102. The number of hydrogen-bond donors (Lipinski definition) is 0. The molecular formula is C23H17BrN2O2S. The Bertz CT molecular complexity index is 1340. The number of hydrogen-bond acceptors (Lipinski definition) is 4. The number of allylic oxidation sites excluding steroid dienone is 2. The maximum absolute atomic E-state index is 13.4. The van der Waals surface area contributed by atoms with Crippen molar-refractivity contribution in [2.75, 3.05) is 0 Å². The number of halogens is 1. The molecule has 3 aromatic rings. The summed E-state index contributed by atoms with van der Waals surface area (Å²) in [5.41, 5.74) is 3.31. The summed E-state index contributed by atoms with van der Waals surface area (Å²) in [7, 11) is 0. The first-order valence-electron chi connectivity index (χ1n) is 9.50. The highest BCUT2D eigenvalue weighted by atomic mass is 79.9. The zero-order chi connectivity index (χ0) is 20.0. The van der Waals surface area contributed by atoms with E-state index in [0.29, 0.717) is 21.3 Å². The molecule has 0 fully saturated rings. The Labute approximate surface area is 179 Å². The third-order valence-electron chi connectivity index (χ3n) is 5.29. The zero-order valence-corrected chi connectivity index (χ0v) is 17.9. The SMILES string of the molecule is O=C1CCCC2=C1C(c1ccccc1)n1c(sc(=Cc3cccc(Br)c3)c1=O)=N2. The minimum atomic E-state index is -0.403. The Balaban J connectivity index is 1.77. The van der Waals surface area contributed by atoms with E-state index in [2.05, 4.69) is 15.9 Å². The quantitative estimate of drug-likeness (QED) is 0.579. The second-order valence-electron chi connectivity index (χ2n) is 7.19. The molecular weight excluding hydrogens is 448 g/mol. The second-order valence-corrected chi connectivity index (χ2v) is 9.11. The molecule has 144 valence electrons. The molecule has 2 aromatic carbocycles. The Morgan fingerprint density at radius 3 is 2.69 bits per heavy atom. The number of rotatable bonds is 2. The fourth-order valence-corrected chi connectivity index (χ4v) is 5.45. The van der Waals surface area contributed by atoms with Crippen LogP contribution in [-0.2, 0) is 4.79 Å². The number of Topliss-reactive ketones (excluding diaryl/α,β-unsaturated/α-hetero) is 1. The number of nitrogens with zero attached hydrogens (tertiary/aromatic N) is 2. The molecule has 29 heavy (non-hydrogen) atoms. The lowest BCUT2D eigenvalue weighted by Crippen LogP contribution is -2.40. The predicted octanol–water partition coefficient (Wildman–Crippen LogP) is 3.73. The van der Waals surface area contributed by atoms with Gasteiger partial charge in [0, 0.05) is 16.5 Å². The topological polar surface area (TPSA) is 51.4 Å². The summed E-state index contributed by atoms with van der Waals surface area (Å²) < 4.78 is 3.28. The maximum Gasteiger partial charge on any atom is 0.271 e. The molecule has 2 aliphatic rings. The highest BCUT2D eigenvalue weighted by Crippen LogP contribution is 2.35. The largest absolute Gasteiger partial charge is 0.294 e. The van der Waals surface area contributed by atoms with Gasteiger partial charge in [-0.1, -0.05) is 69.7 Å². The molecule has 1 aliphatic carbocycles. The average Bonchev–Trinajstić information content (AvgIpc) is 3.02. The van der Waals surface area contributed by atoms with Crippen LogP contribution in [0.4, 0.5) is 0 Å². The van der Waals surface area contributed by atoms with Crippen molar-refractivity contribution < 1.29 is 4.79 Å². The van der Waals surface area contributed by atoms with Gasteiger partial charge < -0.3 is 0 Å². The third kappa shape index (κ3) is 3.26. The molecule has 5 rings (SSSR count). The molecule has 1 atom stereocenters. The number of carbonyl (C=O) groups excluding carboxylic acids is 1. The van der Waals surface area contributed by atoms with E-state index < -0.39 is 6.04 Å². The van der Waals surface area contributed by atoms with E-state index in [1.54, 1.807) is 4.57 Å². The summed E-state index contributed by atoms with van der Waals surface area (Å²) in [5, 5.41) is 0. The Morgan fingerprint density at radius 2 is 1.90 bits per heavy atom. The first-order chi connectivity index (χ1) is 14.1. The number of benzene rings is 2. The van der Waals surface area contributed by atoms with Crippen LogP contribution in [0, 0.1) is 0 Å². The predicted molar refractivity (Wildman–Crippen MR) is 118 cm³/mol. The van der Waals surface area contributed by atoms with Gasteiger partial charge in [-0.15, -0.1) is 0 Å². The molecule has 4 nitrogen and oxygen atoms in total. The molecule has 6 heteroatoms. The third-order valence-corrected chi connectivity index (χ3v) is 6.77. The standard InChI is InChI=1S/C23H17BrN2O2S/c24-16-9-4-6-14(12-16)13-19-22(28)26-21(15-7-2-1-3-8-15)20-17(25-23(26)29-19)10-5-11-18(20)27/h1-4,6-9,12-13,21H,5,10-11H2. The number of ketones is 1. The van der Waals surface area contributed by atoms with E-state index >= 15 is 0 Å². The highest BCUT2D eigenvalue weighted by molar-refractivity contribution is 9.10. The van der Waals surface area contributed by atoms with Gasteiger partial charge in [0.05, 0.1) is 16.3 Å². The van der Waals surface area contributed by atoms with Crippen molar-refractivity contribution >= 4 is 39.1 Å². The fourth-order valence-electron chi connectivity index (χ4n) is 4.01. The van der Waals surface area contributed by atoms with Crippen molar-refractivity contribution in [1.29, 1.82) is 0 Å². The normalized spacial score (nSPS) is 19.0. The number of thiazole rings is 1. The lowest BCUT2D eigenvalue weighted by molar-refractivity contribution is -0.116.